The number of hydrogen-bond donors (Lipinski definition) is 0. The first-order chi connectivity index (χ1) is 8.43. The van der Waals surface area contributed by atoms with E-state index in [1.165, 1.54) is 18.5 Å². The van der Waals surface area contributed by atoms with E-state index in [1.54, 1.807) is 0 Å². The summed E-state index contributed by atoms with van der Waals surface area (Å²) in [7, 11) is 0. The van der Waals surface area contributed by atoms with Crippen LogP contribution in [0.5, 0.6) is 0 Å². The summed E-state index contributed by atoms with van der Waals surface area (Å²) in [5.74, 6) is 0.779. The van der Waals surface area contributed by atoms with Crippen molar-refractivity contribution in [2.45, 2.75) is 44.2 Å². The molecule has 1 aliphatic carbocycles. The smallest absolute Gasteiger partial charge is 0.0948 e. The minimum absolute atomic E-state index is 0.334. The van der Waals surface area contributed by atoms with E-state index in [2.05, 4.69) is 9.55 Å². The van der Waals surface area contributed by atoms with Crippen LogP contribution < -0.4 is 0 Å². The third-order valence-electron chi connectivity index (χ3n) is 3.52. The van der Waals surface area contributed by atoms with Crippen LogP contribution >= 0.6 is 0 Å². The summed E-state index contributed by atoms with van der Waals surface area (Å²) >= 11 is 0. The Morgan fingerprint density at radius 3 is 3.12 bits per heavy atom. The fourth-order valence-corrected chi connectivity index (χ4v) is 2.37. The molecule has 17 heavy (non-hydrogen) atoms. The Kier molecular flexibility index (Phi) is 3.43. The topological polar surface area (TPSA) is 36.3 Å². The minimum atomic E-state index is 0.334. The van der Waals surface area contributed by atoms with E-state index >= 15 is 0 Å². The first kappa shape index (κ1) is 11.2. The van der Waals surface area contributed by atoms with Gasteiger partial charge in [0.15, 0.2) is 0 Å². The van der Waals surface area contributed by atoms with Gasteiger partial charge in [0.25, 0.3) is 0 Å². The summed E-state index contributed by atoms with van der Waals surface area (Å²) in [6.07, 6.45) is 9.09. The highest BCUT2D eigenvalue weighted by Gasteiger charge is 2.26. The molecule has 1 saturated heterocycles. The molecule has 0 amide bonds. The molecule has 1 aliphatic heterocycles. The van der Waals surface area contributed by atoms with E-state index in [0.29, 0.717) is 6.10 Å². The largest absolute Gasteiger partial charge is 0.379 e. The molecular formula is C13H20N2O2. The van der Waals surface area contributed by atoms with E-state index in [-0.39, 0.29) is 0 Å². The Bertz CT molecular complexity index is 354. The number of aromatic nitrogens is 2. The van der Waals surface area contributed by atoms with Gasteiger partial charge < -0.3 is 14.0 Å². The first-order valence-electron chi connectivity index (χ1n) is 6.63. The lowest BCUT2D eigenvalue weighted by Gasteiger charge is -2.11. The summed E-state index contributed by atoms with van der Waals surface area (Å²) in [5, 5.41) is 0. The molecule has 1 atom stereocenters. The Morgan fingerprint density at radius 2 is 2.35 bits per heavy atom. The molecule has 1 saturated carbocycles. The third kappa shape index (κ3) is 2.87. The van der Waals surface area contributed by atoms with Gasteiger partial charge in [0.1, 0.15) is 0 Å². The summed E-state index contributed by atoms with van der Waals surface area (Å²) in [5.41, 5.74) is 1.41. The zero-order valence-electron chi connectivity index (χ0n) is 10.2. The summed E-state index contributed by atoms with van der Waals surface area (Å²) in [6.45, 7) is 3.49. The second-order valence-electron chi connectivity index (χ2n) is 5.00. The number of nitrogens with zero attached hydrogens (tertiary/aromatic N) is 2. The van der Waals surface area contributed by atoms with Crippen molar-refractivity contribution >= 4 is 0 Å². The predicted octanol–water partition coefficient (Wildman–Crippen LogP) is 1.96. The number of hydrogen-bond acceptors (Lipinski definition) is 3. The van der Waals surface area contributed by atoms with Crippen molar-refractivity contribution in [3.8, 4) is 0 Å². The highest BCUT2D eigenvalue weighted by Crippen LogP contribution is 2.39. The van der Waals surface area contributed by atoms with Crippen molar-refractivity contribution < 1.29 is 9.47 Å². The van der Waals surface area contributed by atoms with Crippen molar-refractivity contribution in [2.75, 3.05) is 19.8 Å². The molecule has 0 N–H and O–H groups in total. The molecule has 0 aromatic carbocycles. The molecule has 4 heteroatoms. The molecule has 2 aliphatic rings. The molecule has 0 radical (unpaired) electrons. The second kappa shape index (κ2) is 5.19. The summed E-state index contributed by atoms with van der Waals surface area (Å²) in [6, 6.07) is 0. The standard InChI is InChI=1S/C13H20N2O2/c1(6-17-12-4-7-16-9-12)5-15-10-14-8-13(15)11-2-3-11/h8,10-12H,1-7,9H2. The number of ether oxygens (including phenoxy) is 2. The van der Waals surface area contributed by atoms with E-state index in [0.717, 1.165) is 45.1 Å². The lowest BCUT2D eigenvalue weighted by Crippen LogP contribution is -2.14. The van der Waals surface area contributed by atoms with E-state index < -0.39 is 0 Å². The van der Waals surface area contributed by atoms with Crippen LogP contribution in [0.25, 0.3) is 0 Å². The second-order valence-corrected chi connectivity index (χ2v) is 5.00. The lowest BCUT2D eigenvalue weighted by molar-refractivity contribution is 0.0399. The highest BCUT2D eigenvalue weighted by atomic mass is 16.5. The average Bonchev–Trinajstić information content (AvgIpc) is 2.89. The molecule has 3 rings (SSSR count). The van der Waals surface area contributed by atoms with Gasteiger partial charge >= 0.3 is 0 Å². The normalized spacial score (nSPS) is 24.4. The average molecular weight is 236 g/mol. The SMILES string of the molecule is c1ncn(CCCOC2CCOC2)c1C1CC1. The number of aryl methyl sites for hydroxylation is 1. The van der Waals surface area contributed by atoms with Crippen LogP contribution in [-0.2, 0) is 16.0 Å². The van der Waals surface area contributed by atoms with Crippen LogP contribution in [-0.4, -0.2) is 35.5 Å². The lowest BCUT2D eigenvalue weighted by atomic mass is 10.3. The quantitative estimate of drug-likeness (QED) is 0.708. The molecule has 4 nitrogen and oxygen atoms in total. The highest BCUT2D eigenvalue weighted by molar-refractivity contribution is 5.12. The number of rotatable bonds is 6. The summed E-state index contributed by atoms with van der Waals surface area (Å²) < 4.78 is 13.3. The third-order valence-corrected chi connectivity index (χ3v) is 3.52. The van der Waals surface area contributed by atoms with Crippen LogP contribution in [0.15, 0.2) is 12.5 Å². The van der Waals surface area contributed by atoms with Crippen molar-refractivity contribution in [3.05, 3.63) is 18.2 Å². The monoisotopic (exact) mass is 236 g/mol. The molecular weight excluding hydrogens is 216 g/mol. The van der Waals surface area contributed by atoms with Crippen molar-refractivity contribution in [1.82, 2.24) is 9.55 Å². The molecule has 94 valence electrons. The van der Waals surface area contributed by atoms with Gasteiger partial charge in [-0.05, 0) is 25.7 Å². The van der Waals surface area contributed by atoms with Gasteiger partial charge in [0, 0.05) is 37.6 Å². The van der Waals surface area contributed by atoms with Gasteiger partial charge in [0.05, 0.1) is 19.0 Å². The van der Waals surface area contributed by atoms with Crippen LogP contribution in [0.1, 0.15) is 37.3 Å². The fraction of sp³-hybridized carbons (Fsp3) is 0.769. The molecule has 1 aromatic rings. The van der Waals surface area contributed by atoms with Crippen LogP contribution in [0, 0.1) is 0 Å². The maximum Gasteiger partial charge on any atom is 0.0948 e. The molecule has 2 fully saturated rings. The zero-order valence-corrected chi connectivity index (χ0v) is 10.2. The van der Waals surface area contributed by atoms with Crippen molar-refractivity contribution in [3.63, 3.8) is 0 Å². The summed E-state index contributed by atoms with van der Waals surface area (Å²) in [4.78, 5) is 4.24. The van der Waals surface area contributed by atoms with Crippen LogP contribution in [0.3, 0.4) is 0 Å². The van der Waals surface area contributed by atoms with E-state index in [9.17, 15) is 0 Å². The van der Waals surface area contributed by atoms with Crippen molar-refractivity contribution in [2.24, 2.45) is 0 Å². The Morgan fingerprint density at radius 1 is 1.41 bits per heavy atom. The zero-order chi connectivity index (χ0) is 11.5. The van der Waals surface area contributed by atoms with Gasteiger partial charge in [-0.25, -0.2) is 4.98 Å². The molecule has 1 unspecified atom stereocenters. The van der Waals surface area contributed by atoms with Gasteiger partial charge in [-0.2, -0.15) is 0 Å². The van der Waals surface area contributed by atoms with Crippen LogP contribution in [0.2, 0.25) is 0 Å². The molecule has 0 bridgehead atoms. The molecule has 1 aromatic heterocycles. The Labute approximate surface area is 102 Å². The minimum Gasteiger partial charge on any atom is -0.379 e. The van der Waals surface area contributed by atoms with Crippen LogP contribution in [0.4, 0.5) is 0 Å². The first-order valence-corrected chi connectivity index (χ1v) is 6.63. The van der Waals surface area contributed by atoms with E-state index in [4.69, 9.17) is 9.47 Å². The van der Waals surface area contributed by atoms with Gasteiger partial charge in [-0.3, -0.25) is 0 Å². The van der Waals surface area contributed by atoms with Gasteiger partial charge in [-0.15, -0.1) is 0 Å². The number of imidazole rings is 1. The molecule has 2 heterocycles. The Hall–Kier alpha value is -0.870. The molecule has 0 spiro atoms. The Balaban J connectivity index is 1.39. The van der Waals surface area contributed by atoms with Crippen molar-refractivity contribution in [1.29, 1.82) is 0 Å². The predicted molar refractivity (Wildman–Crippen MR) is 64.0 cm³/mol. The maximum atomic E-state index is 5.76. The maximum absolute atomic E-state index is 5.76. The van der Waals surface area contributed by atoms with Gasteiger partial charge in [-0.1, -0.05) is 0 Å². The van der Waals surface area contributed by atoms with E-state index in [1.807, 2.05) is 12.5 Å². The fourth-order valence-electron chi connectivity index (χ4n) is 2.37. The van der Waals surface area contributed by atoms with Gasteiger partial charge in [0.2, 0.25) is 0 Å².